The Morgan fingerprint density at radius 2 is 1.69 bits per heavy atom. The number of unbranched alkanes of at least 4 members (excludes halogenated alkanes) is 1. The summed E-state index contributed by atoms with van der Waals surface area (Å²) in [6, 6.07) is 24.8. The number of primary amides is 1. The summed E-state index contributed by atoms with van der Waals surface area (Å²) in [5.74, 6) is -0.700. The minimum Gasteiger partial charge on any atom is -0.368 e. The molecule has 4 rings (SSSR count). The molecular weight excluding hydrogens is 438 g/mol. The van der Waals surface area contributed by atoms with Crippen molar-refractivity contribution in [2.45, 2.75) is 38.1 Å². The highest BCUT2D eigenvalue weighted by molar-refractivity contribution is 5.86. The molecule has 0 aliphatic heterocycles. The van der Waals surface area contributed by atoms with E-state index in [1.807, 2.05) is 77.5 Å². The molecule has 35 heavy (non-hydrogen) atoms. The van der Waals surface area contributed by atoms with Crippen LogP contribution in [0.15, 0.2) is 91.3 Å². The van der Waals surface area contributed by atoms with Crippen molar-refractivity contribution in [3.8, 4) is 16.9 Å². The molecule has 3 N–H and O–H groups in total. The normalized spacial score (nSPS) is 11.7. The largest absolute Gasteiger partial charge is 0.368 e. The lowest BCUT2D eigenvalue weighted by molar-refractivity contribution is -0.127. The zero-order valence-corrected chi connectivity index (χ0v) is 19.5. The summed E-state index contributed by atoms with van der Waals surface area (Å²) in [5, 5.41) is 7.60. The quantitative estimate of drug-likeness (QED) is 0.327. The van der Waals surface area contributed by atoms with Gasteiger partial charge in [-0.25, -0.2) is 4.68 Å². The number of pyridine rings is 1. The Bertz CT molecular complexity index is 1240. The highest BCUT2D eigenvalue weighted by Crippen LogP contribution is 2.22. The van der Waals surface area contributed by atoms with E-state index >= 15 is 0 Å². The number of carbonyl (C=O) groups is 2. The Labute approximate surface area is 205 Å². The van der Waals surface area contributed by atoms with Crippen molar-refractivity contribution in [2.24, 2.45) is 5.73 Å². The van der Waals surface area contributed by atoms with Crippen LogP contribution in [0.4, 0.5) is 0 Å². The summed E-state index contributed by atoms with van der Waals surface area (Å²) >= 11 is 0. The molecular formula is C28H29N5O2. The molecule has 0 saturated carbocycles. The summed E-state index contributed by atoms with van der Waals surface area (Å²) < 4.78 is 1.95. The fraction of sp³-hybridized carbons (Fsp3) is 0.214. The molecule has 0 aliphatic rings. The van der Waals surface area contributed by atoms with Crippen molar-refractivity contribution in [1.82, 2.24) is 20.1 Å². The molecule has 0 fully saturated rings. The Balaban J connectivity index is 1.35. The maximum Gasteiger partial charge on any atom is 0.240 e. The van der Waals surface area contributed by atoms with Crippen LogP contribution in [-0.2, 0) is 22.4 Å². The molecule has 7 heteroatoms. The van der Waals surface area contributed by atoms with Gasteiger partial charge in [0, 0.05) is 36.5 Å². The first-order valence-electron chi connectivity index (χ1n) is 11.8. The maximum absolute atomic E-state index is 12.5. The molecule has 1 atom stereocenters. The minimum absolute atomic E-state index is 0.169. The number of amides is 2. The van der Waals surface area contributed by atoms with Crippen molar-refractivity contribution in [3.05, 3.63) is 103 Å². The smallest absolute Gasteiger partial charge is 0.240 e. The number of hydrogen-bond donors (Lipinski definition) is 2. The second-order valence-electron chi connectivity index (χ2n) is 8.43. The number of para-hydroxylation sites is 1. The Kier molecular flexibility index (Phi) is 8.01. The number of aryl methyl sites for hydroxylation is 1. The molecule has 2 aromatic carbocycles. The second-order valence-corrected chi connectivity index (χ2v) is 8.43. The van der Waals surface area contributed by atoms with E-state index in [-0.39, 0.29) is 5.91 Å². The molecule has 2 amide bonds. The Hall–Kier alpha value is -4.26. The number of hydrogen-bond acceptors (Lipinski definition) is 4. The van der Waals surface area contributed by atoms with Gasteiger partial charge in [0.1, 0.15) is 6.04 Å². The second kappa shape index (κ2) is 11.7. The van der Waals surface area contributed by atoms with Gasteiger partial charge in [-0.15, -0.1) is 0 Å². The zero-order chi connectivity index (χ0) is 24.5. The molecule has 2 aromatic heterocycles. The SMILES string of the molecule is NC(=O)C(Cc1ccccc1)NC(=O)CCCCc1cc(-c2cccnc2)nn1-c1ccccc1. The fourth-order valence-electron chi connectivity index (χ4n) is 3.98. The molecule has 1 unspecified atom stereocenters. The van der Waals surface area contributed by atoms with Gasteiger partial charge < -0.3 is 11.1 Å². The average molecular weight is 468 g/mol. The Morgan fingerprint density at radius 3 is 2.37 bits per heavy atom. The first kappa shape index (κ1) is 23.9. The monoisotopic (exact) mass is 467 g/mol. The lowest BCUT2D eigenvalue weighted by atomic mass is 10.0. The zero-order valence-electron chi connectivity index (χ0n) is 19.5. The fourth-order valence-corrected chi connectivity index (χ4v) is 3.98. The lowest BCUT2D eigenvalue weighted by Gasteiger charge is -2.15. The van der Waals surface area contributed by atoms with Crippen molar-refractivity contribution < 1.29 is 9.59 Å². The van der Waals surface area contributed by atoms with Crippen molar-refractivity contribution in [2.75, 3.05) is 0 Å². The number of aromatic nitrogens is 3. The first-order valence-corrected chi connectivity index (χ1v) is 11.8. The van der Waals surface area contributed by atoms with E-state index in [1.54, 1.807) is 12.4 Å². The predicted molar refractivity (Wildman–Crippen MR) is 136 cm³/mol. The van der Waals surface area contributed by atoms with Crippen molar-refractivity contribution in [3.63, 3.8) is 0 Å². The van der Waals surface area contributed by atoms with Gasteiger partial charge >= 0.3 is 0 Å². The van der Waals surface area contributed by atoms with E-state index in [9.17, 15) is 9.59 Å². The van der Waals surface area contributed by atoms with Crippen LogP contribution in [0.2, 0.25) is 0 Å². The van der Waals surface area contributed by atoms with Gasteiger partial charge in [0.05, 0.1) is 11.4 Å². The Morgan fingerprint density at radius 1 is 0.943 bits per heavy atom. The van der Waals surface area contributed by atoms with E-state index in [0.717, 1.165) is 41.0 Å². The number of carbonyl (C=O) groups excluding carboxylic acids is 2. The van der Waals surface area contributed by atoms with E-state index in [1.165, 1.54) is 0 Å². The summed E-state index contributed by atoms with van der Waals surface area (Å²) in [5.41, 5.74) is 10.3. The number of nitrogens with two attached hydrogens (primary N) is 1. The number of nitrogens with zero attached hydrogens (tertiary/aromatic N) is 3. The van der Waals surface area contributed by atoms with Gasteiger partial charge in [-0.05, 0) is 55.2 Å². The first-order chi connectivity index (χ1) is 17.1. The molecule has 178 valence electrons. The van der Waals surface area contributed by atoms with Crippen LogP contribution >= 0.6 is 0 Å². The van der Waals surface area contributed by atoms with Gasteiger partial charge in [0.15, 0.2) is 0 Å². The summed E-state index contributed by atoms with van der Waals surface area (Å²) in [6.45, 7) is 0. The third-order valence-electron chi connectivity index (χ3n) is 5.79. The molecule has 0 spiro atoms. The standard InChI is InChI=1S/C28H29N5O2/c29-28(35)26(18-21-10-3-1-4-11-21)31-27(34)16-8-7-15-24-19-25(22-12-9-17-30-20-22)32-33(24)23-13-5-2-6-14-23/h1-6,9-14,17,19-20,26H,7-8,15-16,18H2,(H2,29,35)(H,31,34). The molecule has 0 bridgehead atoms. The molecule has 0 saturated heterocycles. The van der Waals surface area contributed by atoms with Crippen LogP contribution < -0.4 is 11.1 Å². The summed E-state index contributed by atoms with van der Waals surface area (Å²) in [6.07, 6.45) is 6.51. The maximum atomic E-state index is 12.5. The predicted octanol–water partition coefficient (Wildman–Crippen LogP) is 3.86. The topological polar surface area (TPSA) is 103 Å². The van der Waals surface area contributed by atoms with E-state index in [2.05, 4.69) is 16.4 Å². The highest BCUT2D eigenvalue weighted by atomic mass is 16.2. The lowest BCUT2D eigenvalue weighted by Crippen LogP contribution is -2.45. The van der Waals surface area contributed by atoms with Crippen LogP contribution in [0.5, 0.6) is 0 Å². The number of rotatable bonds is 11. The van der Waals surface area contributed by atoms with Gasteiger partial charge in [0.25, 0.3) is 0 Å². The van der Waals surface area contributed by atoms with Gasteiger partial charge in [0.2, 0.25) is 11.8 Å². The molecule has 2 heterocycles. The number of benzene rings is 2. The highest BCUT2D eigenvalue weighted by Gasteiger charge is 2.18. The molecule has 7 nitrogen and oxygen atoms in total. The van der Waals surface area contributed by atoms with Gasteiger partial charge in [-0.2, -0.15) is 5.10 Å². The average Bonchev–Trinajstić information content (AvgIpc) is 3.32. The van der Waals surface area contributed by atoms with Crippen molar-refractivity contribution in [1.29, 1.82) is 0 Å². The van der Waals surface area contributed by atoms with Crippen LogP contribution in [0, 0.1) is 0 Å². The summed E-state index contributed by atoms with van der Waals surface area (Å²) in [4.78, 5) is 28.5. The van der Waals surface area contributed by atoms with Gasteiger partial charge in [-0.1, -0.05) is 48.5 Å². The van der Waals surface area contributed by atoms with Crippen molar-refractivity contribution >= 4 is 11.8 Å². The molecule has 0 aliphatic carbocycles. The summed E-state index contributed by atoms with van der Waals surface area (Å²) in [7, 11) is 0. The van der Waals surface area contributed by atoms with Crippen LogP contribution in [0.25, 0.3) is 16.9 Å². The van der Waals surface area contributed by atoms with E-state index in [4.69, 9.17) is 10.8 Å². The van der Waals surface area contributed by atoms with Gasteiger partial charge in [-0.3, -0.25) is 14.6 Å². The van der Waals surface area contributed by atoms with Crippen LogP contribution in [-0.4, -0.2) is 32.6 Å². The third kappa shape index (κ3) is 6.63. The molecule has 0 radical (unpaired) electrons. The van der Waals surface area contributed by atoms with Crippen LogP contribution in [0.1, 0.15) is 30.5 Å². The van der Waals surface area contributed by atoms with Crippen LogP contribution in [0.3, 0.4) is 0 Å². The number of nitrogens with one attached hydrogen (secondary N) is 1. The third-order valence-corrected chi connectivity index (χ3v) is 5.79. The van der Waals surface area contributed by atoms with E-state index < -0.39 is 11.9 Å². The minimum atomic E-state index is -0.716. The molecule has 4 aromatic rings. The van der Waals surface area contributed by atoms with E-state index in [0.29, 0.717) is 19.3 Å².